The molecule has 0 radical (unpaired) electrons. The van der Waals surface area contributed by atoms with Gasteiger partial charge in [-0.3, -0.25) is 0 Å². The zero-order valence-corrected chi connectivity index (χ0v) is 11.4. The second-order valence-corrected chi connectivity index (χ2v) is 4.29. The highest BCUT2D eigenvalue weighted by Gasteiger charge is 1.85. The molecule has 2 N–H and O–H groups in total. The molecule has 98 valence electrons. The summed E-state index contributed by atoms with van der Waals surface area (Å²) >= 11 is 0. The van der Waals surface area contributed by atoms with Crippen molar-refractivity contribution in [2.75, 3.05) is 6.54 Å². The Bertz CT molecular complexity index is 214. The lowest BCUT2D eigenvalue weighted by molar-refractivity contribution is 0.652. The Labute approximate surface area is 107 Å². The van der Waals surface area contributed by atoms with Gasteiger partial charge in [-0.15, -0.1) is 0 Å². The Morgan fingerprint density at radius 3 is 1.94 bits per heavy atom. The van der Waals surface area contributed by atoms with E-state index in [0.29, 0.717) is 0 Å². The Morgan fingerprint density at radius 1 is 0.706 bits per heavy atom. The third kappa shape index (κ3) is 15.2. The normalized spacial score (nSPS) is 12.4. The van der Waals surface area contributed by atoms with Crippen molar-refractivity contribution in [2.45, 2.75) is 58.3 Å². The first-order chi connectivity index (χ1) is 8.41. The Morgan fingerprint density at radius 2 is 1.29 bits per heavy atom. The molecule has 0 amide bonds. The zero-order chi connectivity index (χ0) is 12.6. The molecule has 17 heavy (non-hydrogen) atoms. The maximum Gasteiger partial charge on any atom is -0.00773 e. The minimum atomic E-state index is 0.840. The van der Waals surface area contributed by atoms with Gasteiger partial charge in [0.15, 0.2) is 0 Å². The molecule has 0 heterocycles. The summed E-state index contributed by atoms with van der Waals surface area (Å²) in [5.41, 5.74) is 5.44. The third-order valence-corrected chi connectivity index (χ3v) is 2.60. The van der Waals surface area contributed by atoms with Crippen molar-refractivity contribution in [3.63, 3.8) is 0 Å². The molecule has 0 aliphatic heterocycles. The summed E-state index contributed by atoms with van der Waals surface area (Å²) in [4.78, 5) is 0. The highest BCUT2D eigenvalue weighted by molar-refractivity contribution is 4.96. The molecule has 0 bridgehead atoms. The molecule has 0 fully saturated rings. The fraction of sp³-hybridized carbons (Fsp3) is 0.625. The maximum atomic E-state index is 5.44. The van der Waals surface area contributed by atoms with E-state index in [-0.39, 0.29) is 0 Å². The molecule has 0 aromatic heterocycles. The van der Waals surface area contributed by atoms with Crippen LogP contribution < -0.4 is 5.73 Å². The second-order valence-electron chi connectivity index (χ2n) is 4.29. The highest BCUT2D eigenvalue weighted by Crippen LogP contribution is 2.03. The van der Waals surface area contributed by atoms with Crippen molar-refractivity contribution < 1.29 is 0 Å². The molecule has 0 unspecified atom stereocenters. The average molecular weight is 235 g/mol. The van der Waals surface area contributed by atoms with Crippen LogP contribution in [-0.4, -0.2) is 6.54 Å². The van der Waals surface area contributed by atoms with Crippen molar-refractivity contribution in [3.8, 4) is 0 Å². The summed E-state index contributed by atoms with van der Waals surface area (Å²) in [6.07, 6.45) is 23.1. The van der Waals surface area contributed by atoms with Crippen LogP contribution in [0.15, 0.2) is 36.5 Å². The van der Waals surface area contributed by atoms with Gasteiger partial charge in [-0.25, -0.2) is 0 Å². The van der Waals surface area contributed by atoms with E-state index in [4.69, 9.17) is 5.73 Å². The fourth-order valence-corrected chi connectivity index (χ4v) is 1.59. The molecule has 0 aliphatic carbocycles. The molecule has 1 heteroatoms. The number of allylic oxidation sites excluding steroid dienone is 6. The monoisotopic (exact) mass is 235 g/mol. The van der Waals surface area contributed by atoms with Crippen LogP contribution >= 0.6 is 0 Å². The molecular weight excluding hydrogens is 206 g/mol. The Balaban J connectivity index is 3.21. The van der Waals surface area contributed by atoms with Crippen LogP contribution in [0.4, 0.5) is 0 Å². The SMILES string of the molecule is CC/C=C\C/C=C\C/C=C\CCCCCCN. The summed E-state index contributed by atoms with van der Waals surface area (Å²) in [7, 11) is 0. The number of rotatable bonds is 11. The van der Waals surface area contributed by atoms with Gasteiger partial charge in [0.2, 0.25) is 0 Å². The average Bonchev–Trinajstić information content (AvgIpc) is 2.35. The first-order valence-electron chi connectivity index (χ1n) is 7.06. The molecule has 0 spiro atoms. The van der Waals surface area contributed by atoms with Gasteiger partial charge in [-0.1, -0.05) is 56.2 Å². The molecule has 0 aromatic rings. The standard InChI is InChI=1S/C16H29N/c1-2-3-4-5-6-7-8-9-10-11-12-13-14-15-16-17/h3-4,6-7,9-10H,2,5,8,11-17H2,1H3/b4-3-,7-6-,10-9-. The van der Waals surface area contributed by atoms with Gasteiger partial charge >= 0.3 is 0 Å². The van der Waals surface area contributed by atoms with Gasteiger partial charge in [0.1, 0.15) is 0 Å². The summed E-state index contributed by atoms with van der Waals surface area (Å²) in [6.45, 7) is 3.00. The first kappa shape index (κ1) is 16.2. The lowest BCUT2D eigenvalue weighted by Crippen LogP contribution is -1.97. The molecule has 0 saturated heterocycles. The second kappa shape index (κ2) is 15.2. The van der Waals surface area contributed by atoms with Crippen LogP contribution in [0.5, 0.6) is 0 Å². The fourth-order valence-electron chi connectivity index (χ4n) is 1.59. The van der Waals surface area contributed by atoms with Crippen LogP contribution in [0.1, 0.15) is 58.3 Å². The minimum Gasteiger partial charge on any atom is -0.330 e. The van der Waals surface area contributed by atoms with Crippen LogP contribution in [0.2, 0.25) is 0 Å². The van der Waals surface area contributed by atoms with Gasteiger partial charge in [-0.2, -0.15) is 0 Å². The summed E-state index contributed by atoms with van der Waals surface area (Å²) < 4.78 is 0. The number of unbranched alkanes of at least 4 members (excludes halogenated alkanes) is 4. The van der Waals surface area contributed by atoms with Crippen molar-refractivity contribution in [2.24, 2.45) is 5.73 Å². The van der Waals surface area contributed by atoms with E-state index < -0.39 is 0 Å². The van der Waals surface area contributed by atoms with Crippen molar-refractivity contribution in [3.05, 3.63) is 36.5 Å². The Hall–Kier alpha value is -0.820. The lowest BCUT2D eigenvalue weighted by Gasteiger charge is -1.95. The molecule has 0 rings (SSSR count). The van der Waals surface area contributed by atoms with E-state index in [1.54, 1.807) is 0 Å². The maximum absolute atomic E-state index is 5.44. The third-order valence-electron chi connectivity index (χ3n) is 2.60. The van der Waals surface area contributed by atoms with Crippen LogP contribution in [-0.2, 0) is 0 Å². The highest BCUT2D eigenvalue weighted by atomic mass is 14.5. The molecular formula is C16H29N. The van der Waals surface area contributed by atoms with Gasteiger partial charge < -0.3 is 5.73 Å². The topological polar surface area (TPSA) is 26.0 Å². The molecule has 0 atom stereocenters. The van der Waals surface area contributed by atoms with Gasteiger partial charge in [0, 0.05) is 0 Å². The minimum absolute atomic E-state index is 0.840. The summed E-state index contributed by atoms with van der Waals surface area (Å²) in [5, 5.41) is 0. The number of hydrogen-bond donors (Lipinski definition) is 1. The van der Waals surface area contributed by atoms with Gasteiger partial charge in [0.25, 0.3) is 0 Å². The summed E-state index contributed by atoms with van der Waals surface area (Å²) in [6, 6.07) is 0. The van der Waals surface area contributed by atoms with Gasteiger partial charge in [0.05, 0.1) is 0 Å². The predicted octanol–water partition coefficient (Wildman–Crippen LogP) is 4.75. The van der Waals surface area contributed by atoms with E-state index in [1.165, 1.54) is 32.1 Å². The summed E-state index contributed by atoms with van der Waals surface area (Å²) in [5.74, 6) is 0. The van der Waals surface area contributed by atoms with E-state index in [0.717, 1.165) is 25.8 Å². The van der Waals surface area contributed by atoms with Gasteiger partial charge in [-0.05, 0) is 45.1 Å². The van der Waals surface area contributed by atoms with Crippen molar-refractivity contribution in [1.29, 1.82) is 0 Å². The Kier molecular flexibility index (Phi) is 14.4. The van der Waals surface area contributed by atoms with Crippen molar-refractivity contribution in [1.82, 2.24) is 0 Å². The number of hydrogen-bond acceptors (Lipinski definition) is 1. The molecule has 0 saturated carbocycles. The van der Waals surface area contributed by atoms with Crippen molar-refractivity contribution >= 4 is 0 Å². The lowest BCUT2D eigenvalue weighted by atomic mass is 10.1. The predicted molar refractivity (Wildman–Crippen MR) is 79.1 cm³/mol. The van der Waals surface area contributed by atoms with E-state index in [9.17, 15) is 0 Å². The van der Waals surface area contributed by atoms with E-state index in [1.807, 2.05) is 0 Å². The molecule has 0 aliphatic rings. The molecule has 1 nitrogen and oxygen atoms in total. The quantitative estimate of drug-likeness (QED) is 0.406. The largest absolute Gasteiger partial charge is 0.330 e. The van der Waals surface area contributed by atoms with E-state index >= 15 is 0 Å². The van der Waals surface area contributed by atoms with E-state index in [2.05, 4.69) is 43.4 Å². The zero-order valence-electron chi connectivity index (χ0n) is 11.4. The smallest absolute Gasteiger partial charge is 0.00773 e. The van der Waals surface area contributed by atoms with Crippen LogP contribution in [0.25, 0.3) is 0 Å². The number of nitrogens with two attached hydrogens (primary N) is 1. The van der Waals surface area contributed by atoms with Crippen LogP contribution in [0, 0.1) is 0 Å². The molecule has 0 aromatic carbocycles. The van der Waals surface area contributed by atoms with Crippen LogP contribution in [0.3, 0.4) is 0 Å². The first-order valence-corrected chi connectivity index (χ1v) is 7.06.